The molecule has 0 saturated carbocycles. The molecule has 5 rings (SSSR count). The number of benzene rings is 3. The number of hydrogen-bond acceptors (Lipinski definition) is 3. The van der Waals surface area contributed by atoms with Crippen LogP contribution in [0, 0.1) is 6.92 Å². The van der Waals surface area contributed by atoms with Crippen LogP contribution in [0.25, 0.3) is 33.1 Å². The van der Waals surface area contributed by atoms with E-state index in [0.717, 1.165) is 27.5 Å². The van der Waals surface area contributed by atoms with Gasteiger partial charge in [-0.3, -0.25) is 0 Å². The van der Waals surface area contributed by atoms with Gasteiger partial charge in [0.05, 0.1) is 21.6 Å². The summed E-state index contributed by atoms with van der Waals surface area (Å²) in [5.41, 5.74) is 5.15. The maximum absolute atomic E-state index is 11.4. The topological polar surface area (TPSA) is 89.4 Å². The molecule has 0 radical (unpaired) electrons. The van der Waals surface area contributed by atoms with E-state index in [-0.39, 0.29) is 11.6 Å². The maximum Gasteiger partial charge on any atom is 0.336 e. The molecule has 7 heteroatoms. The molecule has 0 fully saturated rings. The molecule has 152 valence electrons. The van der Waals surface area contributed by atoms with Gasteiger partial charge in [0.2, 0.25) is 5.52 Å². The summed E-state index contributed by atoms with van der Waals surface area (Å²) in [6, 6.07) is 19.0. The average molecular weight is 431 g/mol. The molecule has 0 atom stereocenters. The van der Waals surface area contributed by atoms with Gasteiger partial charge in [0.15, 0.2) is 6.20 Å². The highest BCUT2D eigenvalue weighted by atomic mass is 35.5. The molecule has 6 nitrogen and oxygen atoms in total. The van der Waals surface area contributed by atoms with Gasteiger partial charge in [0.1, 0.15) is 5.75 Å². The second-order valence-corrected chi connectivity index (χ2v) is 7.65. The molecule has 3 N–H and O–H groups in total. The van der Waals surface area contributed by atoms with Gasteiger partial charge in [0.25, 0.3) is 6.01 Å². The molecule has 0 aliphatic carbocycles. The minimum Gasteiger partial charge on any atom is -0.478 e. The van der Waals surface area contributed by atoms with Crippen molar-refractivity contribution in [2.45, 2.75) is 6.92 Å². The van der Waals surface area contributed by atoms with Crippen LogP contribution in [0.15, 0.2) is 66.9 Å². The highest BCUT2D eigenvalue weighted by Crippen LogP contribution is 2.34. The number of H-pyrrole nitrogens is 2. The van der Waals surface area contributed by atoms with Gasteiger partial charge in [0, 0.05) is 23.1 Å². The zero-order chi connectivity index (χ0) is 21.5. The number of nitrogens with one attached hydrogen (secondary N) is 2. The van der Waals surface area contributed by atoms with E-state index in [2.05, 4.69) is 21.0 Å². The van der Waals surface area contributed by atoms with Crippen molar-refractivity contribution in [1.29, 1.82) is 0 Å². The Hall–Kier alpha value is -3.90. The molecule has 0 spiro atoms. The molecule has 2 heterocycles. The van der Waals surface area contributed by atoms with E-state index in [1.165, 1.54) is 6.07 Å². The Bertz CT molecular complexity index is 1480. The molecule has 0 aliphatic heterocycles. The zero-order valence-electron chi connectivity index (χ0n) is 16.4. The minimum absolute atomic E-state index is 0.187. The van der Waals surface area contributed by atoms with Gasteiger partial charge in [-0.15, -0.1) is 0 Å². The largest absolute Gasteiger partial charge is 0.478 e. The van der Waals surface area contributed by atoms with Crippen molar-refractivity contribution in [3.8, 4) is 22.9 Å². The lowest BCUT2D eigenvalue weighted by Gasteiger charge is -2.05. The van der Waals surface area contributed by atoms with Crippen molar-refractivity contribution in [2.75, 3.05) is 0 Å². The van der Waals surface area contributed by atoms with Gasteiger partial charge in [-0.05, 0) is 60.5 Å². The number of carboxylic acids is 1. The number of fused-ring (bicyclic) bond motifs is 2. The predicted molar refractivity (Wildman–Crippen MR) is 119 cm³/mol. The Kier molecular flexibility index (Phi) is 4.56. The average Bonchev–Trinajstić information content (AvgIpc) is 3.15. The molecule has 0 aliphatic rings. The first-order chi connectivity index (χ1) is 15.0. The number of nitrogens with zero attached hydrogens (tertiary/aromatic N) is 1. The van der Waals surface area contributed by atoms with Crippen LogP contribution in [-0.4, -0.2) is 21.0 Å². The van der Waals surface area contributed by atoms with Crippen molar-refractivity contribution >= 4 is 39.5 Å². The van der Waals surface area contributed by atoms with E-state index in [4.69, 9.17) is 16.3 Å². The van der Waals surface area contributed by atoms with Crippen LogP contribution < -0.4 is 9.72 Å². The maximum atomic E-state index is 11.4. The number of aromatic carboxylic acids is 1. The fraction of sp³-hybridized carbons (Fsp3) is 0.0417. The number of rotatable bonds is 4. The lowest BCUT2D eigenvalue weighted by molar-refractivity contribution is -0.344. The summed E-state index contributed by atoms with van der Waals surface area (Å²) >= 11 is 6.57. The summed E-state index contributed by atoms with van der Waals surface area (Å²) in [6.45, 7) is 1.74. The second-order valence-electron chi connectivity index (χ2n) is 7.25. The number of imidazole rings is 1. The Labute approximate surface area is 182 Å². The number of ether oxygens (including phenoxy) is 1. The first-order valence-corrected chi connectivity index (χ1v) is 9.97. The van der Waals surface area contributed by atoms with Crippen LogP contribution in [0.4, 0.5) is 0 Å². The van der Waals surface area contributed by atoms with Gasteiger partial charge >= 0.3 is 5.97 Å². The van der Waals surface area contributed by atoms with Crippen molar-refractivity contribution in [1.82, 2.24) is 9.97 Å². The number of aromatic amines is 2. The molecule has 0 saturated heterocycles. The molecule has 31 heavy (non-hydrogen) atoms. The highest BCUT2D eigenvalue weighted by molar-refractivity contribution is 6.34. The molecule has 0 bridgehead atoms. The van der Waals surface area contributed by atoms with Crippen LogP contribution in [0.1, 0.15) is 15.9 Å². The third kappa shape index (κ3) is 3.58. The highest BCUT2D eigenvalue weighted by Gasteiger charge is 2.14. The fourth-order valence-corrected chi connectivity index (χ4v) is 3.85. The van der Waals surface area contributed by atoms with Gasteiger partial charge < -0.3 is 14.8 Å². The van der Waals surface area contributed by atoms with Crippen LogP contribution in [-0.2, 0) is 0 Å². The van der Waals surface area contributed by atoms with E-state index in [0.29, 0.717) is 21.9 Å². The molecular weight excluding hydrogens is 414 g/mol. The van der Waals surface area contributed by atoms with E-state index in [9.17, 15) is 9.90 Å². The van der Waals surface area contributed by atoms with Crippen molar-refractivity contribution in [2.24, 2.45) is 0 Å². The fourth-order valence-electron chi connectivity index (χ4n) is 3.57. The molecule has 3 aromatic carbocycles. The monoisotopic (exact) mass is 430 g/mol. The van der Waals surface area contributed by atoms with E-state index in [1.54, 1.807) is 19.1 Å². The number of hydrogen-bond donors (Lipinski definition) is 2. The van der Waals surface area contributed by atoms with Crippen LogP contribution in [0.5, 0.6) is 11.8 Å². The standard InChI is InChI=1S/C24H16ClN3O3/c1-13-4-6-16(10-17(13)23(29)30)31-24-27-21-11-18(19(25)12-22(21)28-24)14-5-7-20-15(9-14)3-2-8-26-20/h2-12H,1H3,(H,27,28)(H,29,30)/p+1. The molecule has 0 unspecified atom stereocenters. The third-order valence-corrected chi connectivity index (χ3v) is 5.49. The summed E-state index contributed by atoms with van der Waals surface area (Å²) in [5, 5.41) is 11.0. The van der Waals surface area contributed by atoms with Crippen LogP contribution in [0.2, 0.25) is 5.02 Å². The number of halogens is 1. The summed E-state index contributed by atoms with van der Waals surface area (Å²) < 4.78 is 5.78. The Morgan fingerprint density at radius 1 is 1.13 bits per heavy atom. The summed E-state index contributed by atoms with van der Waals surface area (Å²) in [4.78, 5) is 22.2. The number of pyridine rings is 1. The quantitative estimate of drug-likeness (QED) is 0.385. The van der Waals surface area contributed by atoms with Crippen LogP contribution in [0.3, 0.4) is 0 Å². The van der Waals surface area contributed by atoms with Crippen molar-refractivity contribution in [3.63, 3.8) is 0 Å². The number of aromatic nitrogens is 3. The lowest BCUT2D eigenvalue weighted by atomic mass is 10.0. The Morgan fingerprint density at radius 3 is 2.84 bits per heavy atom. The van der Waals surface area contributed by atoms with Gasteiger partial charge in [-0.25, -0.2) is 9.78 Å². The normalized spacial score (nSPS) is 11.2. The summed E-state index contributed by atoms with van der Waals surface area (Å²) in [5.74, 6) is -0.615. The minimum atomic E-state index is -1.00. The van der Waals surface area contributed by atoms with Gasteiger partial charge in [-0.2, -0.15) is 4.98 Å². The number of aryl methyl sites for hydroxylation is 1. The first kappa shape index (κ1) is 19.1. The number of carbonyl (C=O) groups is 1. The number of carboxylic acid groups (broad SMARTS) is 1. The van der Waals surface area contributed by atoms with E-state index in [1.807, 2.05) is 42.6 Å². The van der Waals surface area contributed by atoms with Crippen molar-refractivity contribution in [3.05, 3.63) is 83.0 Å². The molecule has 0 amide bonds. The van der Waals surface area contributed by atoms with E-state index < -0.39 is 5.97 Å². The molecule has 2 aromatic heterocycles. The predicted octanol–water partition coefficient (Wildman–Crippen LogP) is 5.65. The zero-order valence-corrected chi connectivity index (χ0v) is 17.2. The Balaban J connectivity index is 1.52. The van der Waals surface area contributed by atoms with Gasteiger partial charge in [-0.1, -0.05) is 17.7 Å². The van der Waals surface area contributed by atoms with Crippen molar-refractivity contribution < 1.29 is 19.6 Å². The molecule has 5 aromatic rings. The smallest absolute Gasteiger partial charge is 0.336 e. The first-order valence-electron chi connectivity index (χ1n) is 9.60. The SMILES string of the molecule is Cc1ccc(Oc2nc3cc(-c4ccc5[nH+]cccc5c4)c(Cl)cc3[nH]2)cc1C(=O)O. The van der Waals surface area contributed by atoms with Crippen LogP contribution >= 0.6 is 11.6 Å². The third-order valence-electron chi connectivity index (χ3n) is 5.18. The second kappa shape index (κ2) is 7.41. The summed E-state index contributed by atoms with van der Waals surface area (Å²) in [7, 11) is 0. The Morgan fingerprint density at radius 2 is 2.00 bits per heavy atom. The van der Waals surface area contributed by atoms with E-state index >= 15 is 0 Å². The molecular formula is C24H17ClN3O3+. The summed E-state index contributed by atoms with van der Waals surface area (Å²) in [6.07, 6.45) is 1.89. The lowest BCUT2D eigenvalue weighted by Crippen LogP contribution is -2.00.